The molecule has 10 heteroatoms. The smallest absolute Gasteiger partial charge is 0.407 e. The number of ether oxygens (including phenoxy) is 1. The molecule has 0 aromatic heterocycles. The normalized spacial score (nSPS) is 11.7. The van der Waals surface area contributed by atoms with Gasteiger partial charge in [-0.15, -0.1) is 0 Å². The molecule has 0 saturated heterocycles. The van der Waals surface area contributed by atoms with Crippen molar-refractivity contribution in [3.8, 4) is 0 Å². The zero-order valence-corrected chi connectivity index (χ0v) is 11.6. The average molecular weight is 340 g/mol. The van der Waals surface area contributed by atoms with Crippen molar-refractivity contribution in [2.24, 2.45) is 0 Å². The zero-order valence-electron chi connectivity index (χ0n) is 11.6. The molecule has 1 aromatic carbocycles. The molecule has 0 radical (unpaired) electrons. The zero-order chi connectivity index (χ0) is 17.8. The van der Waals surface area contributed by atoms with Crippen LogP contribution in [-0.4, -0.2) is 32.3 Å². The van der Waals surface area contributed by atoms with E-state index in [-0.39, 0.29) is 0 Å². The van der Waals surface area contributed by atoms with E-state index in [0.29, 0.717) is 11.0 Å². The van der Waals surface area contributed by atoms with Crippen molar-refractivity contribution in [1.82, 2.24) is 0 Å². The van der Waals surface area contributed by atoms with Crippen LogP contribution in [0, 0.1) is 6.57 Å². The molecule has 0 unspecified atom stereocenters. The van der Waals surface area contributed by atoms with Gasteiger partial charge in [0.25, 0.3) is 0 Å². The molecule has 0 bridgehead atoms. The molecule has 1 rings (SSSR count). The molecule has 0 amide bonds. The Hall–Kier alpha value is -2.44. The second-order valence-electron chi connectivity index (χ2n) is 4.36. The second kappa shape index (κ2) is 6.76. The molecule has 1 aromatic rings. The summed E-state index contributed by atoms with van der Waals surface area (Å²) in [4.78, 5) is 14.3. The highest BCUT2D eigenvalue weighted by atomic mass is 19.4. The van der Waals surface area contributed by atoms with E-state index < -0.39 is 48.3 Å². The minimum absolute atomic E-state index is 0.398. The van der Waals surface area contributed by atoms with Gasteiger partial charge < -0.3 is 9.64 Å². The van der Waals surface area contributed by atoms with Crippen LogP contribution < -0.4 is 4.90 Å². The van der Waals surface area contributed by atoms with Gasteiger partial charge in [0.15, 0.2) is 5.69 Å². The largest absolute Gasteiger partial charge is 0.468 e. The Morgan fingerprint density at radius 1 is 1.26 bits per heavy atom. The molecule has 0 aliphatic rings. The van der Waals surface area contributed by atoms with E-state index in [4.69, 9.17) is 6.57 Å². The number of anilines is 1. The molecule has 0 atom stereocenters. The highest BCUT2D eigenvalue weighted by Gasteiger charge is 2.36. The minimum Gasteiger partial charge on any atom is -0.468 e. The highest BCUT2D eigenvalue weighted by molar-refractivity contribution is 5.76. The summed E-state index contributed by atoms with van der Waals surface area (Å²) in [6, 6.07) is 2.07. The number of carbonyl (C=O) groups is 1. The topological polar surface area (TPSA) is 33.9 Å². The van der Waals surface area contributed by atoms with Crippen LogP contribution in [0.4, 0.5) is 37.7 Å². The molecule has 4 nitrogen and oxygen atoms in total. The third-order valence-corrected chi connectivity index (χ3v) is 2.69. The Balaban J connectivity index is 3.31. The van der Waals surface area contributed by atoms with E-state index in [9.17, 15) is 31.1 Å². The van der Waals surface area contributed by atoms with Crippen LogP contribution in [0.3, 0.4) is 0 Å². The van der Waals surface area contributed by atoms with Gasteiger partial charge in [-0.05, 0) is 12.1 Å². The molecule has 23 heavy (non-hydrogen) atoms. The molecule has 0 spiro atoms. The number of halogens is 6. The Morgan fingerprint density at radius 2 is 1.87 bits per heavy atom. The van der Waals surface area contributed by atoms with E-state index in [1.165, 1.54) is 0 Å². The highest BCUT2D eigenvalue weighted by Crippen LogP contribution is 2.39. The predicted octanol–water partition coefficient (Wildman–Crippen LogP) is 3.80. The third-order valence-electron chi connectivity index (χ3n) is 2.69. The number of hydrogen-bond acceptors (Lipinski definition) is 3. The number of carbonyl (C=O) groups excluding carboxylic acids is 1. The fraction of sp³-hybridized carbons (Fsp3) is 0.385. The van der Waals surface area contributed by atoms with Crippen molar-refractivity contribution in [3.05, 3.63) is 35.2 Å². The van der Waals surface area contributed by atoms with E-state index in [0.717, 1.165) is 19.2 Å². The van der Waals surface area contributed by atoms with Gasteiger partial charge >= 0.3 is 18.3 Å². The van der Waals surface area contributed by atoms with Gasteiger partial charge in [-0.3, -0.25) is 4.79 Å². The Labute approximate surface area is 127 Å². The second-order valence-corrected chi connectivity index (χ2v) is 4.36. The molecule has 126 valence electrons. The van der Waals surface area contributed by atoms with Gasteiger partial charge in [-0.1, -0.05) is 6.07 Å². The van der Waals surface area contributed by atoms with Crippen LogP contribution in [0.5, 0.6) is 0 Å². The summed E-state index contributed by atoms with van der Waals surface area (Å²) < 4.78 is 80.5. The summed E-state index contributed by atoms with van der Waals surface area (Å²) in [6.45, 7) is 4.16. The molecule has 0 aliphatic carbocycles. The number of methoxy groups -OCH3 is 1. The van der Waals surface area contributed by atoms with Crippen molar-refractivity contribution < 1.29 is 35.9 Å². The number of benzene rings is 1. The number of nitrogens with zero attached hydrogens (tertiary/aromatic N) is 2. The third kappa shape index (κ3) is 5.36. The number of esters is 1. The fourth-order valence-corrected chi connectivity index (χ4v) is 1.72. The average Bonchev–Trinajstić information content (AvgIpc) is 2.43. The van der Waals surface area contributed by atoms with Crippen LogP contribution in [0.15, 0.2) is 18.2 Å². The SMILES string of the molecule is [C-]#[N+]c1ccc(N(CC(=O)OC)CC(F)(F)F)cc1C(F)(F)F. The Kier molecular flexibility index (Phi) is 5.47. The quantitative estimate of drug-likeness (QED) is 0.475. The lowest BCUT2D eigenvalue weighted by Gasteiger charge is -2.25. The van der Waals surface area contributed by atoms with E-state index in [1.54, 1.807) is 0 Å². The van der Waals surface area contributed by atoms with Crippen molar-refractivity contribution in [2.75, 3.05) is 25.1 Å². The fourth-order valence-electron chi connectivity index (χ4n) is 1.72. The van der Waals surface area contributed by atoms with Crippen molar-refractivity contribution >= 4 is 17.3 Å². The summed E-state index contributed by atoms with van der Waals surface area (Å²) in [5.74, 6) is -1.04. The molecule has 0 fully saturated rings. The van der Waals surface area contributed by atoms with Gasteiger partial charge in [0.1, 0.15) is 13.1 Å². The molecule has 0 aliphatic heterocycles. The van der Waals surface area contributed by atoms with Gasteiger partial charge in [0, 0.05) is 5.69 Å². The van der Waals surface area contributed by atoms with Gasteiger partial charge in [-0.2, -0.15) is 26.3 Å². The van der Waals surface area contributed by atoms with Gasteiger partial charge in [0.05, 0.1) is 19.2 Å². The van der Waals surface area contributed by atoms with Crippen LogP contribution in [0.1, 0.15) is 5.56 Å². The Bertz CT molecular complexity index is 618. The van der Waals surface area contributed by atoms with Crippen LogP contribution >= 0.6 is 0 Å². The summed E-state index contributed by atoms with van der Waals surface area (Å²) in [6.07, 6.45) is -9.66. The van der Waals surface area contributed by atoms with Crippen molar-refractivity contribution in [1.29, 1.82) is 0 Å². The maximum Gasteiger partial charge on any atom is 0.407 e. The first-order valence-corrected chi connectivity index (χ1v) is 5.95. The molecule has 0 heterocycles. The summed E-state index contributed by atoms with van der Waals surface area (Å²) in [5.41, 5.74) is -2.61. The Morgan fingerprint density at radius 3 is 2.30 bits per heavy atom. The monoisotopic (exact) mass is 340 g/mol. The maximum absolute atomic E-state index is 12.9. The van der Waals surface area contributed by atoms with Gasteiger partial charge in [-0.25, -0.2) is 4.85 Å². The first-order chi connectivity index (χ1) is 10.5. The number of rotatable bonds is 4. The van der Waals surface area contributed by atoms with Crippen LogP contribution in [0.25, 0.3) is 4.85 Å². The lowest BCUT2D eigenvalue weighted by molar-refractivity contribution is -0.140. The minimum atomic E-state index is -4.91. The maximum atomic E-state index is 12.9. The van der Waals surface area contributed by atoms with E-state index >= 15 is 0 Å². The standard InChI is InChI=1S/C13H10F6N2O2/c1-20-10-4-3-8(5-9(10)13(17,18)19)21(6-11(22)23-2)7-12(14,15)16/h3-5H,6-7H2,2H3. The number of alkyl halides is 6. The van der Waals surface area contributed by atoms with Crippen molar-refractivity contribution in [3.63, 3.8) is 0 Å². The van der Waals surface area contributed by atoms with Crippen LogP contribution in [0.2, 0.25) is 0 Å². The molecule has 0 saturated carbocycles. The van der Waals surface area contributed by atoms with Crippen LogP contribution in [-0.2, 0) is 15.7 Å². The molecular weight excluding hydrogens is 330 g/mol. The first-order valence-electron chi connectivity index (χ1n) is 5.95. The summed E-state index contributed by atoms with van der Waals surface area (Å²) in [5, 5.41) is 0. The van der Waals surface area contributed by atoms with E-state index in [1.807, 2.05) is 0 Å². The lowest BCUT2D eigenvalue weighted by atomic mass is 10.1. The molecule has 0 N–H and O–H groups in total. The summed E-state index contributed by atoms with van der Waals surface area (Å²) in [7, 11) is 0.942. The van der Waals surface area contributed by atoms with E-state index in [2.05, 4.69) is 9.58 Å². The van der Waals surface area contributed by atoms with Crippen molar-refractivity contribution in [2.45, 2.75) is 12.4 Å². The molecular formula is C13H10F6N2O2. The first kappa shape index (κ1) is 18.6. The lowest BCUT2D eigenvalue weighted by Crippen LogP contribution is -2.38. The number of hydrogen-bond donors (Lipinski definition) is 0. The summed E-state index contributed by atoms with van der Waals surface area (Å²) >= 11 is 0. The van der Waals surface area contributed by atoms with Gasteiger partial charge in [0.2, 0.25) is 0 Å². The predicted molar refractivity (Wildman–Crippen MR) is 68.0 cm³/mol.